The topological polar surface area (TPSA) is 68.9 Å². The Morgan fingerprint density at radius 3 is 2.78 bits per heavy atom. The van der Waals surface area contributed by atoms with Gasteiger partial charge in [0.15, 0.2) is 17.5 Å². The van der Waals surface area contributed by atoms with Gasteiger partial charge in [0.2, 0.25) is 0 Å². The maximum absolute atomic E-state index is 6.07. The number of benzene rings is 1. The normalized spacial score (nSPS) is 14.6. The van der Waals surface area contributed by atoms with Crippen LogP contribution in [0, 0.1) is 0 Å². The van der Waals surface area contributed by atoms with E-state index in [4.69, 9.17) is 15.2 Å². The number of halogens is 1. The van der Waals surface area contributed by atoms with Crippen molar-refractivity contribution >= 4 is 41.3 Å². The van der Waals surface area contributed by atoms with Crippen LogP contribution in [0.25, 0.3) is 0 Å². The Morgan fingerprint density at radius 2 is 2.07 bits per heavy atom. The van der Waals surface area contributed by atoms with Gasteiger partial charge in [0.05, 0.1) is 19.8 Å². The van der Waals surface area contributed by atoms with Gasteiger partial charge in [-0.3, -0.25) is 0 Å². The molecule has 5 nitrogen and oxygen atoms in total. The van der Waals surface area contributed by atoms with Crippen molar-refractivity contribution in [1.82, 2.24) is 5.32 Å². The van der Waals surface area contributed by atoms with E-state index in [-0.39, 0.29) is 24.0 Å². The lowest BCUT2D eigenvalue weighted by molar-refractivity contribution is 0.200. The Bertz CT molecular complexity index is 716. The van der Waals surface area contributed by atoms with Gasteiger partial charge in [-0.2, -0.15) is 0 Å². The van der Waals surface area contributed by atoms with E-state index in [1.54, 1.807) is 18.4 Å². The molecule has 0 aliphatic heterocycles. The fraction of sp³-hybridized carbons (Fsp3) is 0.450. The number of thiophene rings is 1. The molecule has 148 valence electrons. The van der Waals surface area contributed by atoms with Crippen LogP contribution in [0.2, 0.25) is 0 Å². The molecule has 27 heavy (non-hydrogen) atoms. The zero-order valence-corrected chi connectivity index (χ0v) is 18.8. The number of ether oxygens (including phenoxy) is 2. The summed E-state index contributed by atoms with van der Waals surface area (Å²) in [5, 5.41) is 5.24. The average Bonchev–Trinajstić information content (AvgIpc) is 3.35. The van der Waals surface area contributed by atoms with Crippen LogP contribution in [0.15, 0.2) is 40.7 Å². The van der Waals surface area contributed by atoms with Crippen molar-refractivity contribution in [3.05, 3.63) is 46.2 Å². The number of nitrogens with two attached hydrogens (primary N) is 1. The molecule has 0 atom stereocenters. The average molecular weight is 501 g/mol. The van der Waals surface area contributed by atoms with E-state index in [1.807, 2.05) is 18.2 Å². The van der Waals surface area contributed by atoms with E-state index in [1.165, 1.54) is 17.7 Å². The molecule has 1 fully saturated rings. The second kappa shape index (κ2) is 11.4. The van der Waals surface area contributed by atoms with Crippen LogP contribution in [-0.2, 0) is 13.0 Å². The van der Waals surface area contributed by atoms with Crippen molar-refractivity contribution in [3.63, 3.8) is 0 Å². The first kappa shape index (κ1) is 21.8. The SMILES string of the molecule is COc1cc(CN=C(N)NCCc2cccs2)ccc1OC1CCCC1.I. The highest BCUT2D eigenvalue weighted by atomic mass is 127. The highest BCUT2D eigenvalue weighted by Crippen LogP contribution is 2.32. The lowest BCUT2D eigenvalue weighted by Crippen LogP contribution is -2.33. The second-order valence-electron chi connectivity index (χ2n) is 6.47. The Hall–Kier alpha value is -1.48. The number of nitrogens with zero attached hydrogens (tertiary/aromatic N) is 1. The minimum atomic E-state index is 0. The van der Waals surface area contributed by atoms with Gasteiger partial charge in [-0.15, -0.1) is 35.3 Å². The van der Waals surface area contributed by atoms with Crippen molar-refractivity contribution in [2.24, 2.45) is 10.7 Å². The Kier molecular flexibility index (Phi) is 9.20. The van der Waals surface area contributed by atoms with Crippen LogP contribution >= 0.6 is 35.3 Å². The number of methoxy groups -OCH3 is 1. The molecule has 1 aliphatic rings. The number of rotatable bonds is 8. The Morgan fingerprint density at radius 1 is 1.26 bits per heavy atom. The Labute approximate surface area is 182 Å². The van der Waals surface area contributed by atoms with Crippen LogP contribution < -0.4 is 20.5 Å². The molecule has 0 amide bonds. The number of guanidine groups is 1. The summed E-state index contributed by atoms with van der Waals surface area (Å²) in [6.07, 6.45) is 6.02. The number of hydrogen-bond acceptors (Lipinski definition) is 4. The summed E-state index contributed by atoms with van der Waals surface area (Å²) in [5.41, 5.74) is 7.00. The lowest BCUT2D eigenvalue weighted by Gasteiger charge is -2.16. The van der Waals surface area contributed by atoms with E-state index in [2.05, 4.69) is 27.8 Å². The summed E-state index contributed by atoms with van der Waals surface area (Å²) in [6, 6.07) is 10.2. The van der Waals surface area contributed by atoms with Crippen LogP contribution in [-0.4, -0.2) is 25.7 Å². The molecule has 0 radical (unpaired) electrons. The molecule has 1 saturated carbocycles. The number of nitrogens with one attached hydrogen (secondary N) is 1. The number of hydrogen-bond donors (Lipinski definition) is 2. The molecule has 1 aliphatic carbocycles. The molecule has 0 saturated heterocycles. The standard InChI is InChI=1S/C20H27N3O2S.HI/c1-24-19-13-15(8-9-18(19)25-16-5-2-3-6-16)14-23-20(21)22-11-10-17-7-4-12-26-17;/h4,7-9,12-13,16H,2-3,5-6,10-11,14H2,1H3,(H3,21,22,23);1H. The third-order valence-corrected chi connectivity index (χ3v) is 5.45. The van der Waals surface area contributed by atoms with Crippen molar-refractivity contribution < 1.29 is 9.47 Å². The summed E-state index contributed by atoms with van der Waals surface area (Å²) in [6.45, 7) is 1.30. The minimum Gasteiger partial charge on any atom is -0.493 e. The highest BCUT2D eigenvalue weighted by Gasteiger charge is 2.18. The molecule has 0 unspecified atom stereocenters. The van der Waals surface area contributed by atoms with Gasteiger partial charge >= 0.3 is 0 Å². The molecular formula is C20H28IN3O2S. The third kappa shape index (κ3) is 6.88. The quantitative estimate of drug-likeness (QED) is 0.321. The molecule has 1 aromatic carbocycles. The maximum atomic E-state index is 6.07. The Balaban J connectivity index is 0.00000261. The lowest BCUT2D eigenvalue weighted by atomic mass is 10.2. The third-order valence-electron chi connectivity index (χ3n) is 4.51. The van der Waals surface area contributed by atoms with Gasteiger partial charge in [-0.1, -0.05) is 12.1 Å². The molecule has 0 bridgehead atoms. The summed E-state index contributed by atoms with van der Waals surface area (Å²) in [7, 11) is 1.67. The van der Waals surface area contributed by atoms with Gasteiger partial charge in [-0.05, 0) is 61.2 Å². The summed E-state index contributed by atoms with van der Waals surface area (Å²) in [4.78, 5) is 5.75. The largest absolute Gasteiger partial charge is 0.493 e. The highest BCUT2D eigenvalue weighted by molar-refractivity contribution is 14.0. The molecule has 1 heterocycles. The first-order chi connectivity index (χ1) is 12.7. The fourth-order valence-electron chi connectivity index (χ4n) is 3.09. The molecule has 1 aromatic heterocycles. The maximum Gasteiger partial charge on any atom is 0.188 e. The molecule has 3 N–H and O–H groups in total. The smallest absolute Gasteiger partial charge is 0.188 e. The van der Waals surface area contributed by atoms with E-state index >= 15 is 0 Å². The molecule has 0 spiro atoms. The van der Waals surface area contributed by atoms with Crippen LogP contribution in [0.5, 0.6) is 11.5 Å². The van der Waals surface area contributed by atoms with E-state index in [9.17, 15) is 0 Å². The van der Waals surface area contributed by atoms with E-state index in [0.29, 0.717) is 18.6 Å². The molecule has 3 rings (SSSR count). The van der Waals surface area contributed by atoms with E-state index < -0.39 is 0 Å². The second-order valence-corrected chi connectivity index (χ2v) is 7.50. The van der Waals surface area contributed by atoms with Crippen LogP contribution in [0.3, 0.4) is 0 Å². The van der Waals surface area contributed by atoms with Gasteiger partial charge in [-0.25, -0.2) is 4.99 Å². The van der Waals surface area contributed by atoms with Crippen molar-refractivity contribution in [1.29, 1.82) is 0 Å². The van der Waals surface area contributed by atoms with Gasteiger partial charge in [0.25, 0.3) is 0 Å². The van der Waals surface area contributed by atoms with Gasteiger partial charge in [0, 0.05) is 11.4 Å². The first-order valence-electron chi connectivity index (χ1n) is 9.14. The molecular weight excluding hydrogens is 473 g/mol. The predicted octanol–water partition coefficient (Wildman–Crippen LogP) is 4.34. The summed E-state index contributed by atoms with van der Waals surface area (Å²) in [5.74, 6) is 2.04. The molecule has 7 heteroatoms. The monoisotopic (exact) mass is 501 g/mol. The van der Waals surface area contributed by atoms with Crippen molar-refractivity contribution in [2.75, 3.05) is 13.7 Å². The number of aliphatic imine (C=N–C) groups is 1. The van der Waals surface area contributed by atoms with Gasteiger partial charge < -0.3 is 20.5 Å². The first-order valence-corrected chi connectivity index (χ1v) is 10.0. The summed E-state index contributed by atoms with van der Waals surface area (Å²) >= 11 is 1.75. The van der Waals surface area contributed by atoms with Crippen molar-refractivity contribution in [3.8, 4) is 11.5 Å². The molecule has 2 aromatic rings. The minimum absolute atomic E-state index is 0. The zero-order chi connectivity index (χ0) is 18.2. The van der Waals surface area contributed by atoms with Gasteiger partial charge in [0.1, 0.15) is 0 Å². The zero-order valence-electron chi connectivity index (χ0n) is 15.6. The fourth-order valence-corrected chi connectivity index (χ4v) is 3.80. The summed E-state index contributed by atoms with van der Waals surface area (Å²) < 4.78 is 11.6. The van der Waals surface area contributed by atoms with E-state index in [0.717, 1.165) is 42.9 Å². The van der Waals surface area contributed by atoms with Crippen LogP contribution in [0.4, 0.5) is 0 Å². The van der Waals surface area contributed by atoms with Crippen LogP contribution in [0.1, 0.15) is 36.1 Å². The van der Waals surface area contributed by atoms with Crippen molar-refractivity contribution in [2.45, 2.75) is 44.8 Å². The predicted molar refractivity (Wildman–Crippen MR) is 123 cm³/mol.